The summed E-state index contributed by atoms with van der Waals surface area (Å²) in [5.74, 6) is -0.688. The molecule has 1 aromatic heterocycles. The van der Waals surface area contributed by atoms with E-state index in [0.717, 1.165) is 0 Å². The van der Waals surface area contributed by atoms with E-state index in [0.29, 0.717) is 10.9 Å². The zero-order chi connectivity index (χ0) is 14.8. The Balaban J connectivity index is 2.16. The molecule has 0 radical (unpaired) electrons. The lowest BCUT2D eigenvalue weighted by molar-refractivity contribution is -0.201. The summed E-state index contributed by atoms with van der Waals surface area (Å²) >= 11 is 0. The number of alkyl halides is 3. The predicted octanol–water partition coefficient (Wildman–Crippen LogP) is 1.89. The molecule has 0 fully saturated rings. The van der Waals surface area contributed by atoms with Crippen LogP contribution in [0.15, 0.2) is 36.5 Å². The summed E-state index contributed by atoms with van der Waals surface area (Å²) in [4.78, 5) is 15.9. The first-order valence-electron chi connectivity index (χ1n) is 5.76. The maximum absolute atomic E-state index is 12.1. The van der Waals surface area contributed by atoms with Crippen molar-refractivity contribution in [2.75, 3.05) is 6.54 Å². The fourth-order valence-electron chi connectivity index (χ4n) is 1.70. The van der Waals surface area contributed by atoms with E-state index in [1.165, 1.54) is 6.07 Å². The van der Waals surface area contributed by atoms with Gasteiger partial charge in [0.2, 0.25) is 0 Å². The first-order chi connectivity index (χ1) is 9.39. The number of hydrogen-bond acceptors (Lipinski definition) is 3. The molecule has 0 spiro atoms. The van der Waals surface area contributed by atoms with Crippen LogP contribution in [-0.4, -0.2) is 34.8 Å². The average Bonchev–Trinajstić information content (AvgIpc) is 2.42. The standard InChI is InChI=1S/C13H11F3N2O2/c14-13(15,16)11(19)7-18-12(20)9-3-1-5-10-8(9)4-2-6-17-10/h1-6,11,19H,7H2,(H,18,20). The first kappa shape index (κ1) is 14.3. The fraction of sp³-hybridized carbons (Fsp3) is 0.231. The highest BCUT2D eigenvalue weighted by molar-refractivity contribution is 6.06. The molecule has 1 amide bonds. The second-order valence-corrected chi connectivity index (χ2v) is 4.14. The van der Waals surface area contributed by atoms with Gasteiger partial charge in [0.1, 0.15) is 0 Å². The SMILES string of the molecule is O=C(NCC(O)C(F)(F)F)c1cccc2ncccc12. The number of aliphatic hydroxyl groups excluding tert-OH is 1. The Bertz CT molecular complexity index is 623. The summed E-state index contributed by atoms with van der Waals surface area (Å²) in [6, 6.07) is 8.04. The third-order valence-corrected chi connectivity index (χ3v) is 2.72. The van der Waals surface area contributed by atoms with Crippen LogP contribution in [0.5, 0.6) is 0 Å². The van der Waals surface area contributed by atoms with Gasteiger partial charge in [-0.15, -0.1) is 0 Å². The molecule has 2 N–H and O–H groups in total. The molecule has 0 aliphatic heterocycles. The summed E-state index contributed by atoms with van der Waals surface area (Å²) in [7, 11) is 0. The molecule has 20 heavy (non-hydrogen) atoms. The normalized spacial score (nSPS) is 13.2. The molecule has 7 heteroatoms. The monoisotopic (exact) mass is 284 g/mol. The molecule has 1 heterocycles. The number of aromatic nitrogens is 1. The highest BCUT2D eigenvalue weighted by Crippen LogP contribution is 2.20. The third-order valence-electron chi connectivity index (χ3n) is 2.72. The van der Waals surface area contributed by atoms with Gasteiger partial charge in [-0.1, -0.05) is 12.1 Å². The van der Waals surface area contributed by atoms with Crippen LogP contribution in [-0.2, 0) is 0 Å². The Labute approximate surface area is 112 Å². The Kier molecular flexibility index (Phi) is 3.89. The van der Waals surface area contributed by atoms with Gasteiger partial charge in [0.15, 0.2) is 6.10 Å². The van der Waals surface area contributed by atoms with Crippen LogP contribution in [0.2, 0.25) is 0 Å². The van der Waals surface area contributed by atoms with Gasteiger partial charge in [-0.05, 0) is 18.2 Å². The van der Waals surface area contributed by atoms with Gasteiger partial charge >= 0.3 is 6.18 Å². The topological polar surface area (TPSA) is 62.2 Å². The maximum atomic E-state index is 12.1. The number of pyridine rings is 1. The number of hydrogen-bond donors (Lipinski definition) is 2. The van der Waals surface area contributed by atoms with Crippen molar-refractivity contribution in [2.45, 2.75) is 12.3 Å². The van der Waals surface area contributed by atoms with Crippen molar-refractivity contribution in [1.82, 2.24) is 10.3 Å². The second-order valence-electron chi connectivity index (χ2n) is 4.14. The lowest BCUT2D eigenvalue weighted by atomic mass is 10.1. The van der Waals surface area contributed by atoms with E-state index in [-0.39, 0.29) is 5.56 Å². The number of carbonyl (C=O) groups excluding carboxylic acids is 1. The Morgan fingerprint density at radius 3 is 2.75 bits per heavy atom. The van der Waals surface area contributed by atoms with Crippen LogP contribution in [0.1, 0.15) is 10.4 Å². The van der Waals surface area contributed by atoms with Gasteiger partial charge in [0, 0.05) is 17.1 Å². The number of fused-ring (bicyclic) bond motifs is 1. The lowest BCUT2D eigenvalue weighted by Gasteiger charge is -2.15. The van der Waals surface area contributed by atoms with Gasteiger partial charge in [0.05, 0.1) is 12.1 Å². The summed E-state index contributed by atoms with van der Waals surface area (Å²) in [5.41, 5.74) is 0.779. The summed E-state index contributed by atoms with van der Waals surface area (Å²) in [5, 5.41) is 11.4. The zero-order valence-electron chi connectivity index (χ0n) is 10.2. The summed E-state index contributed by atoms with van der Waals surface area (Å²) < 4.78 is 36.4. The minimum absolute atomic E-state index is 0.213. The fourth-order valence-corrected chi connectivity index (χ4v) is 1.70. The van der Waals surface area contributed by atoms with E-state index in [1.807, 2.05) is 0 Å². The van der Waals surface area contributed by atoms with Gasteiger partial charge in [0.25, 0.3) is 5.91 Å². The van der Waals surface area contributed by atoms with Crippen molar-refractivity contribution < 1.29 is 23.1 Å². The molecular weight excluding hydrogens is 273 g/mol. The van der Waals surface area contributed by atoms with Gasteiger partial charge in [-0.2, -0.15) is 13.2 Å². The van der Waals surface area contributed by atoms with Crippen LogP contribution in [0.3, 0.4) is 0 Å². The van der Waals surface area contributed by atoms with Gasteiger partial charge < -0.3 is 10.4 Å². The van der Waals surface area contributed by atoms with Crippen molar-refractivity contribution in [3.63, 3.8) is 0 Å². The molecule has 1 atom stereocenters. The van der Waals surface area contributed by atoms with E-state index < -0.39 is 24.7 Å². The molecule has 0 saturated carbocycles. The van der Waals surface area contributed by atoms with Crippen LogP contribution in [0.4, 0.5) is 13.2 Å². The molecule has 4 nitrogen and oxygen atoms in total. The molecule has 0 bridgehead atoms. The number of amides is 1. The van der Waals surface area contributed by atoms with Crippen molar-refractivity contribution in [3.8, 4) is 0 Å². The quantitative estimate of drug-likeness (QED) is 0.904. The number of nitrogens with zero attached hydrogens (tertiary/aromatic N) is 1. The first-order valence-corrected chi connectivity index (χ1v) is 5.76. The van der Waals surface area contributed by atoms with E-state index in [2.05, 4.69) is 10.3 Å². The Morgan fingerprint density at radius 2 is 2.05 bits per heavy atom. The summed E-state index contributed by atoms with van der Waals surface area (Å²) in [6.07, 6.45) is -5.79. The number of aliphatic hydroxyl groups is 1. The second kappa shape index (κ2) is 5.46. The smallest absolute Gasteiger partial charge is 0.382 e. The molecule has 1 unspecified atom stereocenters. The van der Waals surface area contributed by atoms with E-state index in [1.54, 1.807) is 30.5 Å². The number of carbonyl (C=O) groups is 1. The van der Waals surface area contributed by atoms with Gasteiger partial charge in [-0.3, -0.25) is 9.78 Å². The average molecular weight is 284 g/mol. The van der Waals surface area contributed by atoms with Crippen molar-refractivity contribution in [1.29, 1.82) is 0 Å². The van der Waals surface area contributed by atoms with E-state index in [4.69, 9.17) is 5.11 Å². The molecule has 0 aliphatic carbocycles. The number of rotatable bonds is 3. The highest BCUT2D eigenvalue weighted by atomic mass is 19.4. The van der Waals surface area contributed by atoms with Gasteiger partial charge in [-0.25, -0.2) is 0 Å². The van der Waals surface area contributed by atoms with Crippen molar-refractivity contribution >= 4 is 16.8 Å². The zero-order valence-corrected chi connectivity index (χ0v) is 10.2. The minimum atomic E-state index is -4.76. The highest BCUT2D eigenvalue weighted by Gasteiger charge is 2.38. The third kappa shape index (κ3) is 3.05. The molecule has 0 aliphatic rings. The van der Waals surface area contributed by atoms with Crippen LogP contribution >= 0.6 is 0 Å². The molecular formula is C13H11F3N2O2. The van der Waals surface area contributed by atoms with Crippen LogP contribution in [0.25, 0.3) is 10.9 Å². The predicted molar refractivity (Wildman–Crippen MR) is 66.1 cm³/mol. The molecule has 2 rings (SSSR count). The Hall–Kier alpha value is -2.15. The minimum Gasteiger partial charge on any atom is -0.382 e. The van der Waals surface area contributed by atoms with Crippen molar-refractivity contribution in [3.05, 3.63) is 42.1 Å². The van der Waals surface area contributed by atoms with Crippen LogP contribution < -0.4 is 5.32 Å². The van der Waals surface area contributed by atoms with Crippen molar-refractivity contribution in [2.24, 2.45) is 0 Å². The lowest BCUT2D eigenvalue weighted by Crippen LogP contribution is -2.40. The Morgan fingerprint density at radius 1 is 1.30 bits per heavy atom. The molecule has 2 aromatic rings. The number of halogens is 3. The van der Waals surface area contributed by atoms with Crippen LogP contribution in [0, 0.1) is 0 Å². The molecule has 1 aromatic carbocycles. The van der Waals surface area contributed by atoms with E-state index >= 15 is 0 Å². The number of benzene rings is 1. The molecule has 0 saturated heterocycles. The van der Waals surface area contributed by atoms with E-state index in [9.17, 15) is 18.0 Å². The largest absolute Gasteiger partial charge is 0.416 e. The maximum Gasteiger partial charge on any atom is 0.416 e. The molecule has 106 valence electrons. The summed E-state index contributed by atoms with van der Waals surface area (Å²) in [6.45, 7) is -0.890. The number of nitrogens with one attached hydrogen (secondary N) is 1.